The van der Waals surface area contributed by atoms with E-state index >= 15 is 0 Å². The first-order valence-electron chi connectivity index (χ1n) is 12.4. The van der Waals surface area contributed by atoms with Crippen molar-refractivity contribution in [1.29, 1.82) is 0 Å². The molecule has 3 aromatic rings. The van der Waals surface area contributed by atoms with Gasteiger partial charge >= 0.3 is 0 Å². The number of amides is 1. The van der Waals surface area contributed by atoms with Crippen LogP contribution in [0.15, 0.2) is 64.0 Å². The number of hydrogen-bond donors (Lipinski definition) is 0. The van der Waals surface area contributed by atoms with Gasteiger partial charge in [0.2, 0.25) is 0 Å². The van der Waals surface area contributed by atoms with Crippen molar-refractivity contribution in [3.05, 3.63) is 75.1 Å². The number of hydrogen-bond acceptors (Lipinski definition) is 5. The minimum absolute atomic E-state index is 0.0160. The van der Waals surface area contributed by atoms with Crippen LogP contribution in [0.2, 0.25) is 0 Å². The van der Waals surface area contributed by atoms with Crippen LogP contribution in [0, 0.1) is 0 Å². The first-order valence-corrected chi connectivity index (χ1v) is 14.4. The van der Waals surface area contributed by atoms with Crippen LogP contribution in [0.1, 0.15) is 50.2 Å². The van der Waals surface area contributed by atoms with Crippen molar-refractivity contribution in [3.63, 3.8) is 0 Å². The standard InChI is InChI=1S/C29H28BrNO3S2/c1-2-33-25-16-19(17-26-28(32)31(29(35)36-26)22-12-4-3-5-13-22)15-24(30)27(25)34-18-21-11-8-10-20-9-6-7-14-23(20)21/h6-11,14-17,22H,2-5,12-13,18H2,1H3/b26-17-. The van der Waals surface area contributed by atoms with E-state index in [2.05, 4.69) is 40.2 Å². The molecule has 4 nitrogen and oxygen atoms in total. The Hall–Kier alpha value is -2.35. The van der Waals surface area contributed by atoms with Crippen LogP contribution in [-0.4, -0.2) is 27.8 Å². The number of thiocarbonyl (C=S) groups is 1. The number of carbonyl (C=O) groups is 1. The summed E-state index contributed by atoms with van der Waals surface area (Å²) >= 11 is 10.7. The van der Waals surface area contributed by atoms with Crippen LogP contribution in [-0.2, 0) is 11.4 Å². The summed E-state index contributed by atoms with van der Waals surface area (Å²) in [6.45, 7) is 2.87. The molecular formula is C29H28BrNO3S2. The molecule has 2 aliphatic rings. The van der Waals surface area contributed by atoms with Gasteiger partial charge in [0.1, 0.15) is 10.9 Å². The molecule has 3 aromatic carbocycles. The van der Waals surface area contributed by atoms with E-state index in [-0.39, 0.29) is 11.9 Å². The van der Waals surface area contributed by atoms with Crippen LogP contribution in [0.25, 0.3) is 16.8 Å². The summed E-state index contributed by atoms with van der Waals surface area (Å²) in [5.41, 5.74) is 1.98. The minimum atomic E-state index is 0.0160. The molecule has 1 heterocycles. The van der Waals surface area contributed by atoms with E-state index in [1.807, 2.05) is 48.2 Å². The molecule has 5 rings (SSSR count). The van der Waals surface area contributed by atoms with Gasteiger partial charge in [0.15, 0.2) is 11.5 Å². The summed E-state index contributed by atoms with van der Waals surface area (Å²) in [6, 6.07) is 18.7. The zero-order valence-electron chi connectivity index (χ0n) is 20.2. The van der Waals surface area contributed by atoms with Crippen molar-refractivity contribution in [2.45, 2.75) is 51.7 Å². The van der Waals surface area contributed by atoms with Crippen molar-refractivity contribution in [3.8, 4) is 11.5 Å². The molecule has 0 N–H and O–H groups in total. The number of benzene rings is 3. The third-order valence-corrected chi connectivity index (χ3v) is 8.56. The first-order chi connectivity index (χ1) is 17.5. The third-order valence-electron chi connectivity index (χ3n) is 6.64. The molecule has 0 aromatic heterocycles. The number of carbonyl (C=O) groups excluding carboxylic acids is 1. The molecule has 0 atom stereocenters. The van der Waals surface area contributed by atoms with E-state index in [4.69, 9.17) is 21.7 Å². The van der Waals surface area contributed by atoms with Gasteiger partial charge in [-0.3, -0.25) is 9.69 Å². The molecule has 1 saturated carbocycles. The normalized spacial score (nSPS) is 17.8. The highest BCUT2D eigenvalue weighted by atomic mass is 79.9. The van der Waals surface area contributed by atoms with E-state index < -0.39 is 0 Å². The summed E-state index contributed by atoms with van der Waals surface area (Å²) < 4.78 is 13.7. The molecule has 2 fully saturated rings. The smallest absolute Gasteiger partial charge is 0.266 e. The molecule has 1 amide bonds. The molecule has 1 aliphatic heterocycles. The molecule has 186 valence electrons. The summed E-state index contributed by atoms with van der Waals surface area (Å²) in [7, 11) is 0. The van der Waals surface area contributed by atoms with Crippen LogP contribution in [0.5, 0.6) is 11.5 Å². The Labute approximate surface area is 230 Å². The van der Waals surface area contributed by atoms with Gasteiger partial charge in [0.05, 0.1) is 16.0 Å². The predicted molar refractivity (Wildman–Crippen MR) is 155 cm³/mol. The highest BCUT2D eigenvalue weighted by Crippen LogP contribution is 2.41. The molecule has 36 heavy (non-hydrogen) atoms. The summed E-state index contributed by atoms with van der Waals surface area (Å²) in [5.74, 6) is 1.31. The van der Waals surface area contributed by atoms with Gasteiger partial charge in [-0.25, -0.2) is 0 Å². The van der Waals surface area contributed by atoms with Crippen molar-refractivity contribution in [1.82, 2.24) is 4.90 Å². The Balaban J connectivity index is 1.39. The Morgan fingerprint density at radius 2 is 1.86 bits per heavy atom. The van der Waals surface area contributed by atoms with Crippen molar-refractivity contribution in [2.24, 2.45) is 0 Å². The SMILES string of the molecule is CCOc1cc(/C=C2\SC(=S)N(C3CCCCC3)C2=O)cc(Br)c1OCc1cccc2ccccc12. The number of fused-ring (bicyclic) bond motifs is 1. The number of ether oxygens (including phenoxy) is 2. The number of rotatable bonds is 7. The van der Waals surface area contributed by atoms with Crippen molar-refractivity contribution < 1.29 is 14.3 Å². The van der Waals surface area contributed by atoms with Gasteiger partial charge in [0.25, 0.3) is 5.91 Å². The van der Waals surface area contributed by atoms with E-state index in [9.17, 15) is 4.79 Å². The van der Waals surface area contributed by atoms with Gasteiger partial charge in [-0.05, 0) is 75.8 Å². The predicted octanol–water partition coefficient (Wildman–Crippen LogP) is 8.11. The van der Waals surface area contributed by atoms with Gasteiger partial charge < -0.3 is 9.47 Å². The Bertz CT molecular complexity index is 1330. The lowest BCUT2D eigenvalue weighted by Crippen LogP contribution is -2.39. The quantitative estimate of drug-likeness (QED) is 0.208. The molecule has 7 heteroatoms. The maximum absolute atomic E-state index is 13.2. The molecular weight excluding hydrogens is 554 g/mol. The van der Waals surface area contributed by atoms with E-state index in [0.29, 0.717) is 33.9 Å². The van der Waals surface area contributed by atoms with Gasteiger partial charge in [-0.2, -0.15) is 0 Å². The maximum atomic E-state index is 13.2. The lowest BCUT2D eigenvalue weighted by atomic mass is 9.94. The van der Waals surface area contributed by atoms with Crippen molar-refractivity contribution in [2.75, 3.05) is 6.61 Å². The van der Waals surface area contributed by atoms with E-state index in [1.54, 1.807) is 0 Å². The second-order valence-electron chi connectivity index (χ2n) is 9.03. The second-order valence-corrected chi connectivity index (χ2v) is 11.6. The number of nitrogens with zero attached hydrogens (tertiary/aromatic N) is 1. The fourth-order valence-electron chi connectivity index (χ4n) is 4.93. The van der Waals surface area contributed by atoms with Crippen LogP contribution in [0.3, 0.4) is 0 Å². The average molecular weight is 583 g/mol. The van der Waals surface area contributed by atoms with Gasteiger partial charge in [-0.1, -0.05) is 85.7 Å². The largest absolute Gasteiger partial charge is 0.490 e. The van der Waals surface area contributed by atoms with Gasteiger partial charge in [0, 0.05) is 6.04 Å². The molecule has 1 saturated heterocycles. The molecule has 0 spiro atoms. The van der Waals surface area contributed by atoms with E-state index in [0.717, 1.165) is 41.3 Å². The molecule has 1 aliphatic carbocycles. The average Bonchev–Trinajstić information content (AvgIpc) is 3.16. The lowest BCUT2D eigenvalue weighted by molar-refractivity contribution is -0.124. The molecule has 0 bridgehead atoms. The topological polar surface area (TPSA) is 38.8 Å². The zero-order valence-corrected chi connectivity index (χ0v) is 23.4. The monoisotopic (exact) mass is 581 g/mol. The first kappa shape index (κ1) is 25.3. The van der Waals surface area contributed by atoms with Crippen molar-refractivity contribution >= 4 is 67.0 Å². The van der Waals surface area contributed by atoms with E-state index in [1.165, 1.54) is 29.0 Å². The maximum Gasteiger partial charge on any atom is 0.266 e. The van der Waals surface area contributed by atoms with Crippen LogP contribution >= 0.6 is 39.9 Å². The summed E-state index contributed by atoms with van der Waals surface area (Å²) in [6.07, 6.45) is 7.52. The zero-order chi connectivity index (χ0) is 25.1. The highest BCUT2D eigenvalue weighted by molar-refractivity contribution is 9.10. The number of thioether (sulfide) groups is 1. The molecule has 0 unspecified atom stereocenters. The fraction of sp³-hybridized carbons (Fsp3) is 0.310. The summed E-state index contributed by atoms with van der Waals surface area (Å²) in [5, 5.41) is 2.36. The summed E-state index contributed by atoms with van der Waals surface area (Å²) in [4.78, 5) is 15.7. The molecule has 0 radical (unpaired) electrons. The van der Waals surface area contributed by atoms with Crippen LogP contribution in [0.4, 0.5) is 0 Å². The van der Waals surface area contributed by atoms with Crippen LogP contribution < -0.4 is 9.47 Å². The Morgan fingerprint density at radius 1 is 1.08 bits per heavy atom. The third kappa shape index (κ3) is 5.34. The highest BCUT2D eigenvalue weighted by Gasteiger charge is 2.37. The lowest BCUT2D eigenvalue weighted by Gasteiger charge is -2.29. The number of halogens is 1. The Morgan fingerprint density at radius 3 is 2.67 bits per heavy atom. The van der Waals surface area contributed by atoms with Gasteiger partial charge in [-0.15, -0.1) is 0 Å². The minimum Gasteiger partial charge on any atom is -0.490 e. The Kier molecular flexibility index (Phi) is 7.99. The second kappa shape index (κ2) is 11.4. The fourth-order valence-corrected chi connectivity index (χ4v) is 6.90.